The summed E-state index contributed by atoms with van der Waals surface area (Å²) >= 11 is 5.57. The number of rotatable bonds is 3. The van der Waals surface area contributed by atoms with Gasteiger partial charge >= 0.3 is 0 Å². The molecule has 2 aliphatic rings. The summed E-state index contributed by atoms with van der Waals surface area (Å²) in [6, 6.07) is -0.430. The zero-order chi connectivity index (χ0) is 14.5. The molecule has 2 amide bonds. The summed E-state index contributed by atoms with van der Waals surface area (Å²) < 4.78 is 0. The molecule has 0 radical (unpaired) electrons. The highest BCUT2D eigenvalue weighted by atomic mass is 35.5. The SMILES string of the molecule is CC1CC(=O)NC(C2CCCCC2)C(=O)N1C/C=C/Cl. The molecule has 5 heteroatoms. The van der Waals surface area contributed by atoms with Gasteiger partial charge < -0.3 is 10.2 Å². The second-order valence-electron chi connectivity index (χ2n) is 5.85. The molecular formula is C15H23ClN2O2. The summed E-state index contributed by atoms with van der Waals surface area (Å²) in [5.41, 5.74) is 1.43. The first-order valence-corrected chi connectivity index (χ1v) is 7.92. The quantitative estimate of drug-likeness (QED) is 0.870. The van der Waals surface area contributed by atoms with Crippen molar-refractivity contribution in [3.63, 3.8) is 0 Å². The Morgan fingerprint density at radius 1 is 1.30 bits per heavy atom. The van der Waals surface area contributed by atoms with Crippen molar-refractivity contribution < 1.29 is 9.59 Å². The van der Waals surface area contributed by atoms with Crippen molar-refractivity contribution >= 4 is 23.4 Å². The van der Waals surface area contributed by atoms with Crippen LogP contribution >= 0.6 is 11.6 Å². The molecule has 4 nitrogen and oxygen atoms in total. The average Bonchev–Trinajstić information content (AvgIpc) is 2.55. The first-order valence-electron chi connectivity index (χ1n) is 7.48. The van der Waals surface area contributed by atoms with Crippen LogP contribution in [-0.2, 0) is 9.59 Å². The number of hydrogen-bond acceptors (Lipinski definition) is 2. The predicted molar refractivity (Wildman–Crippen MR) is 79.3 cm³/mol. The Hall–Kier alpha value is -1.03. The predicted octanol–water partition coefficient (Wildman–Crippen LogP) is 2.42. The highest BCUT2D eigenvalue weighted by Gasteiger charge is 2.38. The number of carbonyl (C=O) groups is 2. The number of amides is 2. The highest BCUT2D eigenvalue weighted by Crippen LogP contribution is 2.29. The zero-order valence-corrected chi connectivity index (χ0v) is 12.7. The van der Waals surface area contributed by atoms with Gasteiger partial charge in [-0.3, -0.25) is 9.59 Å². The van der Waals surface area contributed by atoms with Gasteiger partial charge in [0, 0.05) is 24.5 Å². The molecule has 1 aliphatic heterocycles. The van der Waals surface area contributed by atoms with Gasteiger partial charge in [0.05, 0.1) is 0 Å². The molecule has 2 rings (SSSR count). The molecule has 2 atom stereocenters. The second kappa shape index (κ2) is 7.11. The van der Waals surface area contributed by atoms with E-state index in [1.165, 1.54) is 12.0 Å². The molecule has 1 saturated heterocycles. The fourth-order valence-corrected chi connectivity index (χ4v) is 3.36. The average molecular weight is 299 g/mol. The van der Waals surface area contributed by atoms with Crippen LogP contribution in [0.15, 0.2) is 11.6 Å². The first-order chi connectivity index (χ1) is 9.63. The van der Waals surface area contributed by atoms with E-state index in [0.717, 1.165) is 25.7 Å². The van der Waals surface area contributed by atoms with Crippen molar-refractivity contribution in [3.05, 3.63) is 11.6 Å². The van der Waals surface area contributed by atoms with Crippen LogP contribution in [0, 0.1) is 5.92 Å². The van der Waals surface area contributed by atoms with Gasteiger partial charge in [-0.25, -0.2) is 0 Å². The molecule has 0 bridgehead atoms. The molecule has 0 spiro atoms. The first kappa shape index (κ1) is 15.4. The number of nitrogens with zero attached hydrogens (tertiary/aromatic N) is 1. The smallest absolute Gasteiger partial charge is 0.245 e. The maximum atomic E-state index is 12.7. The molecular weight excluding hydrogens is 276 g/mol. The Balaban J connectivity index is 2.16. The minimum atomic E-state index is -0.350. The van der Waals surface area contributed by atoms with Gasteiger partial charge in [0.1, 0.15) is 6.04 Å². The van der Waals surface area contributed by atoms with Crippen molar-refractivity contribution in [1.29, 1.82) is 0 Å². The van der Waals surface area contributed by atoms with E-state index in [0.29, 0.717) is 13.0 Å². The van der Waals surface area contributed by atoms with Crippen molar-refractivity contribution in [2.45, 2.75) is 57.5 Å². The lowest BCUT2D eigenvalue weighted by Crippen LogP contribution is -2.50. The fourth-order valence-electron chi connectivity index (χ4n) is 3.28. The van der Waals surface area contributed by atoms with Crippen molar-refractivity contribution in [2.75, 3.05) is 6.54 Å². The number of halogens is 1. The van der Waals surface area contributed by atoms with E-state index in [1.54, 1.807) is 11.0 Å². The largest absolute Gasteiger partial charge is 0.344 e. The van der Waals surface area contributed by atoms with E-state index in [-0.39, 0.29) is 29.8 Å². The maximum Gasteiger partial charge on any atom is 0.245 e. The molecule has 2 fully saturated rings. The van der Waals surface area contributed by atoms with E-state index >= 15 is 0 Å². The van der Waals surface area contributed by atoms with E-state index in [2.05, 4.69) is 5.32 Å². The Morgan fingerprint density at radius 2 is 2.00 bits per heavy atom. The third-order valence-electron chi connectivity index (χ3n) is 4.39. The second-order valence-corrected chi connectivity index (χ2v) is 6.10. The van der Waals surface area contributed by atoms with Gasteiger partial charge in [-0.05, 0) is 25.7 Å². The Kier molecular flexibility index (Phi) is 5.46. The van der Waals surface area contributed by atoms with Gasteiger partial charge in [-0.2, -0.15) is 0 Å². The molecule has 0 aromatic rings. The van der Waals surface area contributed by atoms with Crippen LogP contribution in [0.1, 0.15) is 45.4 Å². The van der Waals surface area contributed by atoms with E-state index in [9.17, 15) is 9.59 Å². The van der Waals surface area contributed by atoms with E-state index in [1.807, 2.05) is 6.92 Å². The summed E-state index contributed by atoms with van der Waals surface area (Å²) in [7, 11) is 0. The number of nitrogens with one attached hydrogen (secondary N) is 1. The van der Waals surface area contributed by atoms with E-state index in [4.69, 9.17) is 11.6 Å². The van der Waals surface area contributed by atoms with Gasteiger partial charge in [0.2, 0.25) is 11.8 Å². The molecule has 112 valence electrons. The molecule has 1 N–H and O–H groups in total. The lowest BCUT2D eigenvalue weighted by atomic mass is 9.83. The fraction of sp³-hybridized carbons (Fsp3) is 0.733. The molecule has 1 saturated carbocycles. The molecule has 0 aromatic carbocycles. The zero-order valence-electron chi connectivity index (χ0n) is 12.0. The molecule has 20 heavy (non-hydrogen) atoms. The summed E-state index contributed by atoms with van der Waals surface area (Å²) in [5.74, 6) is 0.316. The summed E-state index contributed by atoms with van der Waals surface area (Å²) in [5, 5.41) is 2.95. The molecule has 0 aromatic heterocycles. The van der Waals surface area contributed by atoms with Crippen LogP contribution in [0.3, 0.4) is 0 Å². The molecule has 1 heterocycles. The van der Waals surface area contributed by atoms with Crippen molar-refractivity contribution in [3.8, 4) is 0 Å². The standard InChI is InChI=1S/C15H23ClN2O2/c1-11-10-13(19)17-14(12-6-3-2-4-7-12)15(20)18(11)9-5-8-16/h5,8,11-12,14H,2-4,6-7,9-10H2,1H3,(H,17,19)/b8-5+. The number of carbonyl (C=O) groups excluding carboxylic acids is 2. The normalized spacial score (nSPS) is 29.6. The van der Waals surface area contributed by atoms with Gasteiger partial charge in [0.25, 0.3) is 0 Å². The Bertz CT molecular complexity index is 391. The monoisotopic (exact) mass is 298 g/mol. The number of hydrogen-bond donors (Lipinski definition) is 1. The highest BCUT2D eigenvalue weighted by molar-refractivity contribution is 6.25. The van der Waals surface area contributed by atoms with Gasteiger partial charge in [-0.1, -0.05) is 36.9 Å². The topological polar surface area (TPSA) is 49.4 Å². The van der Waals surface area contributed by atoms with Crippen LogP contribution in [0.5, 0.6) is 0 Å². The summed E-state index contributed by atoms with van der Waals surface area (Å²) in [6.07, 6.45) is 7.73. The van der Waals surface area contributed by atoms with Crippen molar-refractivity contribution in [2.24, 2.45) is 5.92 Å². The summed E-state index contributed by atoms with van der Waals surface area (Å²) in [4.78, 5) is 26.5. The minimum absolute atomic E-state index is 0.0150. The van der Waals surface area contributed by atoms with Crippen LogP contribution in [0.25, 0.3) is 0 Å². The van der Waals surface area contributed by atoms with Crippen LogP contribution in [-0.4, -0.2) is 35.3 Å². The Labute approximate surface area is 125 Å². The van der Waals surface area contributed by atoms with Crippen molar-refractivity contribution in [1.82, 2.24) is 10.2 Å². The van der Waals surface area contributed by atoms with Gasteiger partial charge in [0.15, 0.2) is 0 Å². The Morgan fingerprint density at radius 3 is 2.65 bits per heavy atom. The van der Waals surface area contributed by atoms with Gasteiger partial charge in [-0.15, -0.1) is 0 Å². The third-order valence-corrected chi connectivity index (χ3v) is 4.57. The van der Waals surface area contributed by atoms with Crippen LogP contribution < -0.4 is 5.32 Å². The van der Waals surface area contributed by atoms with Crippen LogP contribution in [0.2, 0.25) is 0 Å². The lowest BCUT2D eigenvalue weighted by molar-refractivity contribution is -0.136. The summed E-state index contributed by atoms with van der Waals surface area (Å²) in [6.45, 7) is 2.39. The maximum absolute atomic E-state index is 12.7. The molecule has 2 unspecified atom stereocenters. The lowest BCUT2D eigenvalue weighted by Gasteiger charge is -2.33. The third kappa shape index (κ3) is 3.54. The van der Waals surface area contributed by atoms with Crippen LogP contribution in [0.4, 0.5) is 0 Å². The molecule has 1 aliphatic carbocycles. The minimum Gasteiger partial charge on any atom is -0.344 e. The van der Waals surface area contributed by atoms with E-state index < -0.39 is 0 Å².